The highest BCUT2D eigenvalue weighted by molar-refractivity contribution is 5.86. The molecule has 144 valence electrons. The van der Waals surface area contributed by atoms with Crippen LogP contribution in [0.3, 0.4) is 0 Å². The summed E-state index contributed by atoms with van der Waals surface area (Å²) in [6, 6.07) is 0. The second-order valence-corrected chi connectivity index (χ2v) is 6.58. The summed E-state index contributed by atoms with van der Waals surface area (Å²) < 4.78 is 0. The number of unbranched alkanes of at least 4 members (excludes halogenated alkanes) is 11. The molecule has 0 aromatic heterocycles. The van der Waals surface area contributed by atoms with E-state index in [9.17, 15) is 9.59 Å². The zero-order valence-corrected chi connectivity index (χ0v) is 15.8. The molecule has 0 heterocycles. The van der Waals surface area contributed by atoms with Crippen LogP contribution in [0.5, 0.6) is 0 Å². The van der Waals surface area contributed by atoms with Gasteiger partial charge < -0.3 is 10.4 Å². The highest BCUT2D eigenvalue weighted by Crippen LogP contribution is 2.09. The molecule has 0 bridgehead atoms. The number of rotatable bonds is 18. The van der Waals surface area contributed by atoms with Gasteiger partial charge in [0.15, 0.2) is 0 Å². The Kier molecular flexibility index (Phi) is 17.6. The molecule has 0 saturated heterocycles. The number of nitrogens with one attached hydrogen (secondary N) is 1. The zero-order chi connectivity index (χ0) is 18.6. The Balaban J connectivity index is 3.14. The van der Waals surface area contributed by atoms with Crippen molar-refractivity contribution in [3.05, 3.63) is 24.8 Å². The van der Waals surface area contributed by atoms with E-state index in [0.29, 0.717) is 6.42 Å². The quantitative estimate of drug-likeness (QED) is 0.198. The molecule has 4 heteroatoms. The lowest BCUT2D eigenvalue weighted by molar-refractivity contribution is -0.137. The first-order valence-electron chi connectivity index (χ1n) is 9.94. The van der Waals surface area contributed by atoms with E-state index in [-0.39, 0.29) is 5.91 Å². The van der Waals surface area contributed by atoms with Crippen LogP contribution >= 0.6 is 0 Å². The van der Waals surface area contributed by atoms with Crippen molar-refractivity contribution in [1.29, 1.82) is 0 Å². The van der Waals surface area contributed by atoms with Gasteiger partial charge in [0.05, 0.1) is 0 Å². The van der Waals surface area contributed by atoms with Gasteiger partial charge >= 0.3 is 5.97 Å². The molecule has 0 aliphatic carbocycles. The van der Waals surface area contributed by atoms with Crippen LogP contribution in [0.1, 0.15) is 89.9 Å². The lowest BCUT2D eigenvalue weighted by Crippen LogP contribution is -2.21. The van der Waals surface area contributed by atoms with E-state index >= 15 is 0 Å². The fourth-order valence-corrected chi connectivity index (χ4v) is 2.68. The molecule has 0 rings (SSSR count). The van der Waals surface area contributed by atoms with Crippen LogP contribution in [0.4, 0.5) is 0 Å². The molecule has 0 aliphatic rings. The second-order valence-electron chi connectivity index (χ2n) is 6.58. The van der Waals surface area contributed by atoms with Crippen molar-refractivity contribution in [2.75, 3.05) is 6.54 Å². The fraction of sp³-hybridized carbons (Fsp3) is 0.714. The van der Waals surface area contributed by atoms with Crippen LogP contribution in [0.2, 0.25) is 0 Å². The van der Waals surface area contributed by atoms with Crippen LogP contribution in [-0.4, -0.2) is 23.5 Å². The number of allylic oxidation sites excluding steroid dienone is 2. The third kappa shape index (κ3) is 20.4. The Morgan fingerprint density at radius 2 is 1.24 bits per heavy atom. The second kappa shape index (κ2) is 18.8. The minimum absolute atomic E-state index is 0.0787. The lowest BCUT2D eigenvalue weighted by Gasteiger charge is -2.02. The van der Waals surface area contributed by atoms with Crippen molar-refractivity contribution in [1.82, 2.24) is 5.32 Å². The topological polar surface area (TPSA) is 66.4 Å². The van der Waals surface area contributed by atoms with Gasteiger partial charge in [0.1, 0.15) is 0 Å². The zero-order valence-electron chi connectivity index (χ0n) is 15.8. The van der Waals surface area contributed by atoms with Gasteiger partial charge in [0.25, 0.3) is 0 Å². The highest BCUT2D eigenvalue weighted by Gasteiger charge is 1.96. The Morgan fingerprint density at radius 3 is 1.76 bits per heavy atom. The molecule has 2 N–H and O–H groups in total. The van der Waals surface area contributed by atoms with Crippen molar-refractivity contribution in [3.63, 3.8) is 0 Å². The highest BCUT2D eigenvalue weighted by atomic mass is 16.4. The molecule has 0 unspecified atom stereocenters. The summed E-state index contributed by atoms with van der Waals surface area (Å²) in [7, 11) is 0. The molecular weight excluding hydrogens is 314 g/mol. The number of carboxylic acids is 1. The molecule has 0 fully saturated rings. The molecule has 0 aromatic carbocycles. The van der Waals surface area contributed by atoms with Crippen LogP contribution < -0.4 is 5.32 Å². The largest absolute Gasteiger partial charge is 0.481 e. The van der Waals surface area contributed by atoms with Crippen molar-refractivity contribution < 1.29 is 14.7 Å². The Labute approximate surface area is 153 Å². The van der Waals surface area contributed by atoms with Crippen LogP contribution in [0.25, 0.3) is 0 Å². The molecule has 0 saturated carbocycles. The van der Waals surface area contributed by atoms with E-state index < -0.39 is 5.97 Å². The Bertz CT molecular complexity index is 377. The number of carbonyl (C=O) groups is 2. The summed E-state index contributed by atoms with van der Waals surface area (Å²) in [5.41, 5.74) is 0. The number of hydrogen-bond acceptors (Lipinski definition) is 2. The first kappa shape index (κ1) is 23.4. The van der Waals surface area contributed by atoms with Gasteiger partial charge in [-0.3, -0.25) is 9.59 Å². The van der Waals surface area contributed by atoms with Gasteiger partial charge in [-0.05, 0) is 44.6 Å². The first-order valence-corrected chi connectivity index (χ1v) is 9.94. The average Bonchev–Trinajstić information content (AvgIpc) is 2.60. The molecule has 1 amide bonds. The summed E-state index contributed by atoms with van der Waals surface area (Å²) >= 11 is 0. The number of amides is 1. The van der Waals surface area contributed by atoms with E-state index in [4.69, 9.17) is 5.11 Å². The van der Waals surface area contributed by atoms with Crippen molar-refractivity contribution in [2.45, 2.75) is 89.9 Å². The number of aliphatic carboxylic acids is 1. The van der Waals surface area contributed by atoms with Crippen molar-refractivity contribution in [3.8, 4) is 0 Å². The van der Waals surface area contributed by atoms with Crippen LogP contribution in [-0.2, 0) is 9.59 Å². The minimum atomic E-state index is -0.681. The van der Waals surface area contributed by atoms with Crippen molar-refractivity contribution >= 4 is 11.9 Å². The third-order valence-corrected chi connectivity index (χ3v) is 4.21. The van der Waals surface area contributed by atoms with E-state index in [1.165, 1.54) is 57.4 Å². The summed E-state index contributed by atoms with van der Waals surface area (Å²) in [6.45, 7) is 4.18. The smallest absolute Gasteiger partial charge is 0.303 e. The fourth-order valence-electron chi connectivity index (χ4n) is 2.68. The van der Waals surface area contributed by atoms with Gasteiger partial charge in [-0.25, -0.2) is 0 Å². The number of hydrogen-bond donors (Lipinski definition) is 2. The lowest BCUT2D eigenvalue weighted by atomic mass is 10.1. The molecule has 0 aliphatic heterocycles. The molecule has 0 aromatic rings. The molecule has 0 radical (unpaired) electrons. The maximum absolute atomic E-state index is 10.9. The van der Waals surface area contributed by atoms with Crippen LogP contribution in [0.15, 0.2) is 24.8 Å². The predicted octanol–water partition coefficient (Wildman–Crippen LogP) is 5.39. The van der Waals surface area contributed by atoms with Gasteiger partial charge in [-0.2, -0.15) is 0 Å². The molecule has 0 spiro atoms. The summed E-state index contributed by atoms with van der Waals surface area (Å²) in [4.78, 5) is 21.3. The third-order valence-electron chi connectivity index (χ3n) is 4.21. The van der Waals surface area contributed by atoms with Gasteiger partial charge in [-0.15, -0.1) is 0 Å². The SMILES string of the molecule is C=CC(=O)NCCCCCCCCC=CCCCCCCCC(=O)O. The molecule has 0 atom stereocenters. The Morgan fingerprint density at radius 1 is 0.760 bits per heavy atom. The standard InChI is InChI=1S/C21H37NO3/c1-2-20(23)22-19-17-15-13-11-9-7-5-3-4-6-8-10-12-14-16-18-21(24)25/h2-4H,1,5-19H2,(H,22,23)(H,24,25). The monoisotopic (exact) mass is 351 g/mol. The van der Waals surface area contributed by atoms with E-state index in [2.05, 4.69) is 24.0 Å². The maximum atomic E-state index is 10.9. The number of carbonyl (C=O) groups excluding carboxylic acids is 1. The predicted molar refractivity (Wildman–Crippen MR) is 105 cm³/mol. The van der Waals surface area contributed by atoms with E-state index in [1.54, 1.807) is 0 Å². The average molecular weight is 352 g/mol. The number of carboxylic acid groups (broad SMARTS) is 1. The molecular formula is C21H37NO3. The Hall–Kier alpha value is -1.58. The van der Waals surface area contributed by atoms with Gasteiger partial charge in [-0.1, -0.05) is 63.7 Å². The first-order chi connectivity index (χ1) is 12.2. The molecule has 4 nitrogen and oxygen atoms in total. The van der Waals surface area contributed by atoms with E-state index in [0.717, 1.165) is 38.6 Å². The normalized spacial score (nSPS) is 10.9. The van der Waals surface area contributed by atoms with Crippen molar-refractivity contribution in [2.24, 2.45) is 0 Å². The van der Waals surface area contributed by atoms with E-state index in [1.807, 2.05) is 0 Å². The van der Waals surface area contributed by atoms with Gasteiger partial charge in [0, 0.05) is 13.0 Å². The van der Waals surface area contributed by atoms with Crippen LogP contribution in [0, 0.1) is 0 Å². The summed E-state index contributed by atoms with van der Waals surface area (Å²) in [6.07, 6.45) is 21.3. The maximum Gasteiger partial charge on any atom is 0.303 e. The summed E-state index contributed by atoms with van der Waals surface area (Å²) in [5.74, 6) is -0.759. The minimum Gasteiger partial charge on any atom is -0.481 e. The molecule has 25 heavy (non-hydrogen) atoms. The summed E-state index contributed by atoms with van der Waals surface area (Å²) in [5, 5.41) is 11.3. The van der Waals surface area contributed by atoms with Gasteiger partial charge in [0.2, 0.25) is 5.91 Å².